The van der Waals surface area contributed by atoms with Crippen LogP contribution in [0.25, 0.3) is 0 Å². The molecule has 1 heterocycles. The highest BCUT2D eigenvalue weighted by Gasteiger charge is 2.42. The first kappa shape index (κ1) is 28.7. The molecule has 1 saturated carbocycles. The van der Waals surface area contributed by atoms with Crippen LogP contribution in [0.3, 0.4) is 0 Å². The summed E-state index contributed by atoms with van der Waals surface area (Å²) < 4.78 is 4.92. The van der Waals surface area contributed by atoms with Gasteiger partial charge in [-0.25, -0.2) is 4.79 Å². The van der Waals surface area contributed by atoms with E-state index in [9.17, 15) is 14.7 Å². The summed E-state index contributed by atoms with van der Waals surface area (Å²) in [6.07, 6.45) is 8.84. The van der Waals surface area contributed by atoms with Crippen molar-refractivity contribution in [1.82, 2.24) is 20.9 Å². The molecule has 3 rings (SSSR count). The van der Waals surface area contributed by atoms with Crippen LogP contribution in [-0.2, 0) is 15.1 Å². The van der Waals surface area contributed by atoms with E-state index < -0.39 is 5.60 Å². The molecule has 3 amide bonds. The van der Waals surface area contributed by atoms with E-state index in [1.54, 1.807) is 18.2 Å². The summed E-state index contributed by atoms with van der Waals surface area (Å²) in [5.41, 5.74) is -0.745. The summed E-state index contributed by atoms with van der Waals surface area (Å²) in [5, 5.41) is 21.7. The zero-order valence-electron chi connectivity index (χ0n) is 21.7. The largest absolute Gasteiger partial charge is 0.383 e. The van der Waals surface area contributed by atoms with Crippen LogP contribution in [0, 0.1) is 11.8 Å². The van der Waals surface area contributed by atoms with Gasteiger partial charge in [0.15, 0.2) is 0 Å². The average Bonchev–Trinajstić information content (AvgIpc) is 2.88. The van der Waals surface area contributed by atoms with Gasteiger partial charge in [0.2, 0.25) is 5.91 Å². The molecule has 0 spiro atoms. The van der Waals surface area contributed by atoms with Crippen LogP contribution >= 0.6 is 11.6 Å². The summed E-state index contributed by atoms with van der Waals surface area (Å²) in [6.45, 7) is 1.69. The molecule has 1 aromatic carbocycles. The van der Waals surface area contributed by atoms with E-state index in [0.717, 1.165) is 25.8 Å². The Bertz CT molecular complexity index is 851. The Morgan fingerprint density at radius 1 is 1.22 bits per heavy atom. The van der Waals surface area contributed by atoms with E-state index in [4.69, 9.17) is 16.3 Å². The first-order chi connectivity index (χ1) is 17.4. The topological polar surface area (TPSA) is 103 Å². The van der Waals surface area contributed by atoms with Crippen LogP contribution in [-0.4, -0.2) is 74.9 Å². The molecule has 2 fully saturated rings. The fourth-order valence-electron chi connectivity index (χ4n) is 5.74. The Kier molecular flexibility index (Phi) is 11.3. The molecule has 202 valence electrons. The number of amides is 3. The lowest BCUT2D eigenvalue weighted by Crippen LogP contribution is -2.56. The molecular formula is C27H43ClN4O4. The van der Waals surface area contributed by atoms with Gasteiger partial charge < -0.3 is 30.7 Å². The van der Waals surface area contributed by atoms with E-state index in [0.29, 0.717) is 29.6 Å². The molecule has 1 aromatic rings. The maximum absolute atomic E-state index is 13.3. The normalized spacial score (nSPS) is 21.4. The van der Waals surface area contributed by atoms with E-state index >= 15 is 0 Å². The van der Waals surface area contributed by atoms with E-state index in [2.05, 4.69) is 16.0 Å². The molecule has 0 aromatic heterocycles. The number of halogens is 1. The number of aliphatic hydroxyl groups is 1. The van der Waals surface area contributed by atoms with Gasteiger partial charge in [0.25, 0.3) is 0 Å². The first-order valence-electron chi connectivity index (χ1n) is 13.3. The maximum atomic E-state index is 13.3. The molecule has 9 heteroatoms. The quantitative estimate of drug-likeness (QED) is 0.357. The molecule has 1 aliphatic heterocycles. The third-order valence-electron chi connectivity index (χ3n) is 7.66. The lowest BCUT2D eigenvalue weighted by molar-refractivity contribution is -0.127. The smallest absolute Gasteiger partial charge is 0.317 e. The molecular weight excluding hydrogens is 480 g/mol. The summed E-state index contributed by atoms with van der Waals surface area (Å²) in [4.78, 5) is 27.3. The molecule has 36 heavy (non-hydrogen) atoms. The van der Waals surface area contributed by atoms with E-state index in [1.807, 2.05) is 18.0 Å². The van der Waals surface area contributed by atoms with Gasteiger partial charge >= 0.3 is 6.03 Å². The van der Waals surface area contributed by atoms with Crippen molar-refractivity contribution in [1.29, 1.82) is 0 Å². The fourth-order valence-corrected chi connectivity index (χ4v) is 5.93. The van der Waals surface area contributed by atoms with Crippen molar-refractivity contribution in [3.8, 4) is 0 Å². The number of nitrogens with zero attached hydrogens (tertiary/aromatic N) is 1. The van der Waals surface area contributed by atoms with Gasteiger partial charge in [0, 0.05) is 43.7 Å². The minimum atomic E-state index is -1.38. The summed E-state index contributed by atoms with van der Waals surface area (Å²) in [6, 6.07) is 7.08. The van der Waals surface area contributed by atoms with Gasteiger partial charge in [-0.15, -0.1) is 0 Å². The van der Waals surface area contributed by atoms with Crippen molar-refractivity contribution in [3.63, 3.8) is 0 Å². The van der Waals surface area contributed by atoms with Crippen LogP contribution in [0.2, 0.25) is 5.02 Å². The number of carbonyl (C=O) groups is 2. The molecule has 0 bridgehead atoms. The molecule has 1 aliphatic carbocycles. The highest BCUT2D eigenvalue weighted by atomic mass is 35.5. The van der Waals surface area contributed by atoms with Gasteiger partial charge in [0.1, 0.15) is 12.2 Å². The number of urea groups is 1. The van der Waals surface area contributed by atoms with Gasteiger partial charge in [-0.2, -0.15) is 0 Å². The Balaban J connectivity index is 1.70. The standard InChI is InChI=1S/C27H43ClN4O4/c1-29-16-24(14-20-8-4-3-5-9-20)31-26(34)32-13-7-11-22(17-32)27(35,19-30-25(33)18-36-2)21-10-6-12-23(28)15-21/h6,10,12,15,20,22,24,29,35H,3-5,7-9,11,13-14,16-19H2,1-2H3,(H,30,33)(H,31,34)/t22-,24?,27-/m1/s1. The van der Waals surface area contributed by atoms with Crippen LogP contribution in [0.15, 0.2) is 24.3 Å². The number of benzene rings is 1. The average molecular weight is 523 g/mol. The second-order valence-corrected chi connectivity index (χ2v) is 10.8. The minimum Gasteiger partial charge on any atom is -0.383 e. The van der Waals surface area contributed by atoms with Crippen LogP contribution in [0.1, 0.15) is 56.9 Å². The first-order valence-corrected chi connectivity index (χ1v) is 13.7. The van der Waals surface area contributed by atoms with Gasteiger partial charge in [-0.3, -0.25) is 4.79 Å². The van der Waals surface area contributed by atoms with Crippen LogP contribution in [0.5, 0.6) is 0 Å². The van der Waals surface area contributed by atoms with Crippen molar-refractivity contribution < 1.29 is 19.4 Å². The van der Waals surface area contributed by atoms with E-state index in [1.165, 1.54) is 39.2 Å². The highest BCUT2D eigenvalue weighted by molar-refractivity contribution is 6.30. The van der Waals surface area contributed by atoms with Crippen molar-refractivity contribution in [2.45, 2.75) is 63.0 Å². The number of ether oxygens (including phenoxy) is 1. The van der Waals surface area contributed by atoms with E-state index in [-0.39, 0.29) is 37.0 Å². The number of likely N-dealkylation sites (tertiary alicyclic amines) is 1. The van der Waals surface area contributed by atoms with Crippen molar-refractivity contribution in [3.05, 3.63) is 34.9 Å². The lowest BCUT2D eigenvalue weighted by Gasteiger charge is -2.43. The molecule has 8 nitrogen and oxygen atoms in total. The second kappa shape index (κ2) is 14.2. The Labute approximate surface area is 220 Å². The number of carbonyl (C=O) groups excluding carboxylic acids is 2. The lowest BCUT2D eigenvalue weighted by atomic mass is 9.76. The molecule has 0 radical (unpaired) electrons. The van der Waals surface area contributed by atoms with Crippen LogP contribution < -0.4 is 16.0 Å². The van der Waals surface area contributed by atoms with Crippen molar-refractivity contribution in [2.24, 2.45) is 11.8 Å². The maximum Gasteiger partial charge on any atom is 0.317 e. The molecule has 2 aliphatic rings. The monoisotopic (exact) mass is 522 g/mol. The molecule has 1 saturated heterocycles. The number of piperidine rings is 1. The number of likely N-dealkylation sites (N-methyl/N-ethyl adjacent to an activating group) is 1. The summed E-state index contributed by atoms with van der Waals surface area (Å²) in [7, 11) is 3.37. The number of rotatable bonds is 11. The van der Waals surface area contributed by atoms with Gasteiger partial charge in [-0.05, 0) is 49.9 Å². The zero-order chi connectivity index (χ0) is 26.0. The summed E-state index contributed by atoms with van der Waals surface area (Å²) >= 11 is 6.25. The third-order valence-corrected chi connectivity index (χ3v) is 7.89. The predicted octanol–water partition coefficient (Wildman–Crippen LogP) is 3.27. The molecule has 1 unspecified atom stereocenters. The van der Waals surface area contributed by atoms with Crippen molar-refractivity contribution >= 4 is 23.5 Å². The minimum absolute atomic E-state index is 0.0136. The summed E-state index contributed by atoms with van der Waals surface area (Å²) in [5.74, 6) is 0.0931. The second-order valence-electron chi connectivity index (χ2n) is 10.4. The Hall–Kier alpha value is -1.87. The number of hydrogen-bond donors (Lipinski definition) is 4. The number of hydrogen-bond acceptors (Lipinski definition) is 5. The molecule has 4 N–H and O–H groups in total. The third kappa shape index (κ3) is 8.07. The van der Waals surface area contributed by atoms with Crippen LogP contribution in [0.4, 0.5) is 4.79 Å². The Morgan fingerprint density at radius 3 is 2.69 bits per heavy atom. The highest BCUT2D eigenvalue weighted by Crippen LogP contribution is 2.36. The van der Waals surface area contributed by atoms with Gasteiger partial charge in [0.05, 0.1) is 6.54 Å². The Morgan fingerprint density at radius 2 is 2.00 bits per heavy atom. The van der Waals surface area contributed by atoms with Crippen molar-refractivity contribution in [2.75, 3.05) is 46.9 Å². The molecule has 3 atom stereocenters. The number of methoxy groups -OCH3 is 1. The fraction of sp³-hybridized carbons (Fsp3) is 0.704. The number of nitrogens with one attached hydrogen (secondary N) is 3. The van der Waals surface area contributed by atoms with Gasteiger partial charge in [-0.1, -0.05) is 55.8 Å². The predicted molar refractivity (Wildman–Crippen MR) is 142 cm³/mol. The zero-order valence-corrected chi connectivity index (χ0v) is 22.5. The SMILES string of the molecule is CNCC(CC1CCCCC1)NC(=O)N1CCC[C@@H]([C@@](O)(CNC(=O)COC)c2cccc(Cl)c2)C1.